The van der Waals surface area contributed by atoms with Crippen molar-refractivity contribution in [3.05, 3.63) is 0 Å². The molecule has 0 aromatic rings. The van der Waals surface area contributed by atoms with Gasteiger partial charge in [0, 0.05) is 7.11 Å². The molecule has 5 heteroatoms. The van der Waals surface area contributed by atoms with E-state index in [0.29, 0.717) is 6.42 Å². The van der Waals surface area contributed by atoms with Gasteiger partial charge in [-0.2, -0.15) is 5.26 Å². The molecule has 0 unspecified atom stereocenters. The Balaban J connectivity index is 2.12. The van der Waals surface area contributed by atoms with Crippen LogP contribution in [0.25, 0.3) is 0 Å². The first kappa shape index (κ1) is 10.8. The summed E-state index contributed by atoms with van der Waals surface area (Å²) in [7, 11) is 1.56. The minimum atomic E-state index is -0.621. The summed E-state index contributed by atoms with van der Waals surface area (Å²) in [5, 5.41) is 8.67. The van der Waals surface area contributed by atoms with E-state index in [1.165, 1.54) is 0 Å². The van der Waals surface area contributed by atoms with E-state index in [0.717, 1.165) is 0 Å². The highest BCUT2D eigenvalue weighted by Gasteiger charge is 2.55. The van der Waals surface area contributed by atoms with Crippen molar-refractivity contribution in [1.82, 2.24) is 0 Å². The molecule has 0 N–H and O–H groups in total. The first-order valence-corrected chi connectivity index (χ1v) is 4.98. The second-order valence-corrected chi connectivity index (χ2v) is 4.21. The summed E-state index contributed by atoms with van der Waals surface area (Å²) >= 11 is 0. The summed E-state index contributed by atoms with van der Waals surface area (Å²) in [4.78, 5) is 0. The van der Waals surface area contributed by atoms with Gasteiger partial charge in [0.2, 0.25) is 0 Å². The van der Waals surface area contributed by atoms with Crippen LogP contribution < -0.4 is 0 Å². The molecule has 15 heavy (non-hydrogen) atoms. The van der Waals surface area contributed by atoms with Crippen molar-refractivity contribution in [2.24, 2.45) is 0 Å². The summed E-state index contributed by atoms with van der Waals surface area (Å²) in [6, 6.07) is 2.08. The van der Waals surface area contributed by atoms with Crippen LogP contribution in [0.4, 0.5) is 0 Å². The van der Waals surface area contributed by atoms with E-state index >= 15 is 0 Å². The normalized spacial score (nSPS) is 42.5. The van der Waals surface area contributed by atoms with Crippen LogP contribution in [0.15, 0.2) is 0 Å². The van der Waals surface area contributed by atoms with E-state index in [4.69, 9.17) is 24.2 Å². The molecule has 0 spiro atoms. The SMILES string of the molecule is CO[C@@H]1O[C@H](CC#N)[C@H]2OC(C)(C)O[C@@H]12. The van der Waals surface area contributed by atoms with E-state index in [1.807, 2.05) is 13.8 Å². The molecule has 2 rings (SSSR count). The van der Waals surface area contributed by atoms with Crippen molar-refractivity contribution in [2.75, 3.05) is 7.11 Å². The molecule has 2 aliphatic rings. The van der Waals surface area contributed by atoms with Gasteiger partial charge in [-0.05, 0) is 13.8 Å². The highest BCUT2D eigenvalue weighted by atomic mass is 16.8. The third-order valence-corrected chi connectivity index (χ3v) is 2.63. The van der Waals surface area contributed by atoms with Crippen LogP contribution in [0.2, 0.25) is 0 Å². The molecule has 2 aliphatic heterocycles. The second kappa shape index (κ2) is 3.72. The number of methoxy groups -OCH3 is 1. The number of nitriles is 1. The highest BCUT2D eigenvalue weighted by Crippen LogP contribution is 2.39. The van der Waals surface area contributed by atoms with Crippen molar-refractivity contribution < 1.29 is 18.9 Å². The topological polar surface area (TPSA) is 60.7 Å². The van der Waals surface area contributed by atoms with Crippen LogP contribution in [-0.2, 0) is 18.9 Å². The zero-order chi connectivity index (χ0) is 11.1. The largest absolute Gasteiger partial charge is 0.353 e. The zero-order valence-electron chi connectivity index (χ0n) is 9.10. The fourth-order valence-corrected chi connectivity index (χ4v) is 2.09. The maximum atomic E-state index is 8.67. The van der Waals surface area contributed by atoms with E-state index in [1.54, 1.807) is 7.11 Å². The Hall–Kier alpha value is -0.670. The molecule has 2 fully saturated rings. The molecule has 0 amide bonds. The van der Waals surface area contributed by atoms with Crippen LogP contribution >= 0.6 is 0 Å². The molecule has 0 radical (unpaired) electrons. The van der Waals surface area contributed by atoms with E-state index in [2.05, 4.69) is 6.07 Å². The van der Waals surface area contributed by atoms with Crippen LogP contribution in [0.3, 0.4) is 0 Å². The van der Waals surface area contributed by atoms with Gasteiger partial charge in [0.15, 0.2) is 12.1 Å². The molecule has 0 aliphatic carbocycles. The third kappa shape index (κ3) is 1.86. The van der Waals surface area contributed by atoms with Gasteiger partial charge < -0.3 is 18.9 Å². The van der Waals surface area contributed by atoms with Crippen LogP contribution in [0, 0.1) is 11.3 Å². The molecule has 2 heterocycles. The lowest BCUT2D eigenvalue weighted by atomic mass is 10.1. The molecule has 0 aromatic heterocycles. The first-order valence-electron chi connectivity index (χ1n) is 4.98. The molecule has 5 nitrogen and oxygen atoms in total. The van der Waals surface area contributed by atoms with Crippen molar-refractivity contribution in [1.29, 1.82) is 5.26 Å². The monoisotopic (exact) mass is 213 g/mol. The highest BCUT2D eigenvalue weighted by molar-refractivity contribution is 4.98. The van der Waals surface area contributed by atoms with Gasteiger partial charge in [0.05, 0.1) is 12.5 Å². The van der Waals surface area contributed by atoms with E-state index < -0.39 is 12.1 Å². The van der Waals surface area contributed by atoms with Crippen molar-refractivity contribution in [3.63, 3.8) is 0 Å². The van der Waals surface area contributed by atoms with Gasteiger partial charge in [-0.15, -0.1) is 0 Å². The molecular weight excluding hydrogens is 198 g/mol. The number of hydrogen-bond donors (Lipinski definition) is 0. The Morgan fingerprint density at radius 3 is 2.60 bits per heavy atom. The molecule has 0 aromatic carbocycles. The molecular formula is C10H15NO4. The standard InChI is InChI=1S/C10H15NO4/c1-10(2)14-7-6(4-5-11)13-9(12-3)8(7)15-10/h6-9H,4H2,1-3H3/t6-,7-,8-,9-/m1/s1. The lowest BCUT2D eigenvalue weighted by molar-refractivity contribution is -0.226. The zero-order valence-corrected chi connectivity index (χ0v) is 9.10. The summed E-state index contributed by atoms with van der Waals surface area (Å²) in [5.41, 5.74) is 0. The Labute approximate surface area is 88.9 Å². The number of fused-ring (bicyclic) bond motifs is 1. The van der Waals surface area contributed by atoms with Crippen molar-refractivity contribution >= 4 is 0 Å². The number of hydrogen-bond acceptors (Lipinski definition) is 5. The van der Waals surface area contributed by atoms with Gasteiger partial charge in [-0.1, -0.05) is 0 Å². The van der Waals surface area contributed by atoms with Crippen LogP contribution in [-0.4, -0.2) is 37.5 Å². The van der Waals surface area contributed by atoms with Crippen LogP contribution in [0.1, 0.15) is 20.3 Å². The smallest absolute Gasteiger partial charge is 0.186 e. The van der Waals surface area contributed by atoms with Crippen molar-refractivity contribution in [2.45, 2.75) is 50.7 Å². The average Bonchev–Trinajstić information content (AvgIpc) is 2.61. The molecule has 2 saturated heterocycles. The lowest BCUT2D eigenvalue weighted by Gasteiger charge is -2.22. The molecule has 84 valence electrons. The predicted octanol–water partition coefficient (Wildman–Crippen LogP) is 0.791. The van der Waals surface area contributed by atoms with Gasteiger partial charge in [0.25, 0.3) is 0 Å². The fraction of sp³-hybridized carbons (Fsp3) is 0.900. The maximum Gasteiger partial charge on any atom is 0.186 e. The maximum absolute atomic E-state index is 8.67. The Bertz CT molecular complexity index is 286. The van der Waals surface area contributed by atoms with Crippen LogP contribution in [0.5, 0.6) is 0 Å². The third-order valence-electron chi connectivity index (χ3n) is 2.63. The molecule has 0 bridgehead atoms. The summed E-state index contributed by atoms with van der Waals surface area (Å²) in [6.07, 6.45) is -0.838. The second-order valence-electron chi connectivity index (χ2n) is 4.21. The average molecular weight is 213 g/mol. The van der Waals surface area contributed by atoms with Gasteiger partial charge in [0.1, 0.15) is 18.3 Å². The van der Waals surface area contributed by atoms with Crippen molar-refractivity contribution in [3.8, 4) is 6.07 Å². The Morgan fingerprint density at radius 1 is 1.33 bits per heavy atom. The first-order chi connectivity index (χ1) is 7.07. The van der Waals surface area contributed by atoms with E-state index in [9.17, 15) is 0 Å². The van der Waals surface area contributed by atoms with Gasteiger partial charge in [-0.3, -0.25) is 0 Å². The quantitative estimate of drug-likeness (QED) is 0.678. The number of rotatable bonds is 2. The summed E-state index contributed by atoms with van der Waals surface area (Å²) in [5.74, 6) is -0.621. The minimum Gasteiger partial charge on any atom is -0.353 e. The summed E-state index contributed by atoms with van der Waals surface area (Å²) in [6.45, 7) is 3.70. The molecule has 4 atom stereocenters. The molecule has 0 saturated carbocycles. The number of ether oxygens (including phenoxy) is 4. The van der Waals surface area contributed by atoms with E-state index in [-0.39, 0.29) is 18.3 Å². The Morgan fingerprint density at radius 2 is 2.00 bits per heavy atom. The summed E-state index contributed by atoms with van der Waals surface area (Å²) < 4.78 is 22.0. The lowest BCUT2D eigenvalue weighted by Crippen LogP contribution is -2.30. The van der Waals surface area contributed by atoms with Gasteiger partial charge >= 0.3 is 0 Å². The predicted molar refractivity (Wildman–Crippen MR) is 49.7 cm³/mol. The van der Waals surface area contributed by atoms with Gasteiger partial charge in [-0.25, -0.2) is 0 Å². The fourth-order valence-electron chi connectivity index (χ4n) is 2.09. The minimum absolute atomic E-state index is 0.204. The number of nitrogens with zero attached hydrogens (tertiary/aromatic N) is 1. The Kier molecular flexibility index (Phi) is 2.69.